The molecule has 0 aliphatic rings. The standard InChI is InChI=1S/C12H19O9P/c1-4-18-9(13)7-12(21-22(16)17,11(15)20-6-3)8-10(14)19-5-2/h4-8H2,1-3H3. The summed E-state index contributed by atoms with van der Waals surface area (Å²) in [5.41, 5.74) is -2.33. The molecule has 0 atom stereocenters. The molecular weight excluding hydrogens is 319 g/mol. The van der Waals surface area contributed by atoms with Crippen molar-refractivity contribution in [3.05, 3.63) is 0 Å². The Hall–Kier alpha value is -1.73. The van der Waals surface area contributed by atoms with Crippen LogP contribution in [-0.2, 0) is 42.2 Å². The second-order valence-corrected chi connectivity index (χ2v) is 4.62. The van der Waals surface area contributed by atoms with E-state index in [0.717, 1.165) is 0 Å². The third-order valence-corrected chi connectivity index (χ3v) is 2.87. The third kappa shape index (κ3) is 6.82. The molecule has 0 aromatic carbocycles. The van der Waals surface area contributed by atoms with E-state index in [1.165, 1.54) is 20.8 Å². The van der Waals surface area contributed by atoms with Gasteiger partial charge in [-0.05, 0) is 20.8 Å². The molecule has 22 heavy (non-hydrogen) atoms. The van der Waals surface area contributed by atoms with Gasteiger partial charge in [-0.2, -0.15) is 0 Å². The van der Waals surface area contributed by atoms with E-state index >= 15 is 0 Å². The van der Waals surface area contributed by atoms with Crippen LogP contribution in [0.2, 0.25) is 0 Å². The highest BCUT2D eigenvalue weighted by molar-refractivity contribution is 7.24. The molecule has 0 aromatic heterocycles. The van der Waals surface area contributed by atoms with Gasteiger partial charge in [0.1, 0.15) is 0 Å². The van der Waals surface area contributed by atoms with Crippen molar-refractivity contribution >= 4 is 25.8 Å². The maximum absolute atomic E-state index is 12.0. The lowest BCUT2D eigenvalue weighted by Gasteiger charge is -2.26. The maximum atomic E-state index is 12.0. The highest BCUT2D eigenvalue weighted by atomic mass is 31.1. The number of hydrogen-bond donors (Lipinski definition) is 0. The first-order valence-corrected chi connectivity index (χ1v) is 7.72. The molecule has 9 nitrogen and oxygen atoms in total. The fraction of sp³-hybridized carbons (Fsp3) is 0.750. The number of carbonyl (C=O) groups excluding carboxylic acids is 3. The lowest BCUT2D eigenvalue weighted by Crippen LogP contribution is -2.45. The minimum absolute atomic E-state index is 0.0145. The summed E-state index contributed by atoms with van der Waals surface area (Å²) >= 11 is 0. The third-order valence-electron chi connectivity index (χ3n) is 2.37. The fourth-order valence-electron chi connectivity index (χ4n) is 1.60. The zero-order valence-electron chi connectivity index (χ0n) is 12.7. The number of rotatable bonds is 10. The first-order valence-electron chi connectivity index (χ1n) is 6.63. The van der Waals surface area contributed by atoms with Crippen molar-refractivity contribution in [2.45, 2.75) is 39.2 Å². The van der Waals surface area contributed by atoms with E-state index in [1.54, 1.807) is 0 Å². The topological polar surface area (TPSA) is 122 Å². The zero-order valence-corrected chi connectivity index (χ0v) is 13.6. The van der Waals surface area contributed by atoms with E-state index < -0.39 is 44.3 Å². The Morgan fingerprint density at radius 2 is 1.23 bits per heavy atom. The van der Waals surface area contributed by atoms with Gasteiger partial charge in [-0.25, -0.2) is 13.9 Å². The van der Waals surface area contributed by atoms with Gasteiger partial charge in [0.25, 0.3) is 0 Å². The Kier molecular flexibility index (Phi) is 9.28. The molecular formula is C12H19O9P. The minimum Gasteiger partial charge on any atom is -0.466 e. The second-order valence-electron chi connectivity index (χ2n) is 3.99. The molecule has 10 heteroatoms. The summed E-state index contributed by atoms with van der Waals surface area (Å²) in [6.45, 7) is 4.48. The Bertz CT molecular complexity index is 441. The quantitative estimate of drug-likeness (QED) is 0.329. The van der Waals surface area contributed by atoms with Gasteiger partial charge in [0.15, 0.2) is 0 Å². The van der Waals surface area contributed by atoms with E-state index in [1.807, 2.05) is 0 Å². The van der Waals surface area contributed by atoms with Crippen molar-refractivity contribution in [3.8, 4) is 0 Å². The van der Waals surface area contributed by atoms with Crippen molar-refractivity contribution in [2.75, 3.05) is 19.8 Å². The highest BCUT2D eigenvalue weighted by Gasteiger charge is 2.48. The lowest BCUT2D eigenvalue weighted by molar-refractivity contribution is -0.173. The van der Waals surface area contributed by atoms with Crippen molar-refractivity contribution in [2.24, 2.45) is 0 Å². The van der Waals surface area contributed by atoms with Gasteiger partial charge in [0.05, 0.1) is 32.7 Å². The molecule has 0 saturated carbocycles. The Labute approximate surface area is 128 Å². The fourth-order valence-corrected chi connectivity index (χ4v) is 2.09. The average Bonchev–Trinajstić information content (AvgIpc) is 2.38. The molecule has 0 aliphatic carbocycles. The van der Waals surface area contributed by atoms with Gasteiger partial charge >= 0.3 is 25.8 Å². The Morgan fingerprint density at radius 1 is 0.818 bits per heavy atom. The predicted molar refractivity (Wildman–Crippen MR) is 71.2 cm³/mol. The van der Waals surface area contributed by atoms with Crippen LogP contribution in [0.5, 0.6) is 0 Å². The maximum Gasteiger partial charge on any atom is 0.469 e. The summed E-state index contributed by atoms with van der Waals surface area (Å²) in [6.07, 6.45) is -1.58. The SMILES string of the molecule is CCOC(=O)CC(CC(=O)OCC)(OP(=O)=O)C(=O)OCC. The Morgan fingerprint density at radius 3 is 1.55 bits per heavy atom. The van der Waals surface area contributed by atoms with E-state index in [4.69, 9.17) is 4.74 Å². The van der Waals surface area contributed by atoms with E-state index in [-0.39, 0.29) is 19.8 Å². The summed E-state index contributed by atoms with van der Waals surface area (Å²) in [5, 5.41) is 0. The largest absolute Gasteiger partial charge is 0.469 e. The lowest BCUT2D eigenvalue weighted by atomic mass is 9.95. The van der Waals surface area contributed by atoms with Crippen molar-refractivity contribution < 1.29 is 42.2 Å². The molecule has 0 saturated heterocycles. The Balaban J connectivity index is 5.53. The normalized spacial score (nSPS) is 10.7. The molecule has 0 radical (unpaired) electrons. The zero-order chi connectivity index (χ0) is 17.2. The molecule has 0 spiro atoms. The molecule has 0 fully saturated rings. The number of carbonyl (C=O) groups is 3. The van der Waals surface area contributed by atoms with Crippen LogP contribution < -0.4 is 0 Å². The predicted octanol–water partition coefficient (Wildman–Crippen LogP) is 1.30. The van der Waals surface area contributed by atoms with Crippen LogP contribution in [0, 0.1) is 0 Å². The smallest absolute Gasteiger partial charge is 0.466 e. The number of ether oxygens (including phenoxy) is 3. The number of hydrogen-bond acceptors (Lipinski definition) is 9. The summed E-state index contributed by atoms with van der Waals surface area (Å²) in [6, 6.07) is 0. The molecule has 0 rings (SSSR count). The van der Waals surface area contributed by atoms with E-state index in [2.05, 4.69) is 14.0 Å². The summed E-state index contributed by atoms with van der Waals surface area (Å²) in [5.74, 6) is -2.97. The van der Waals surface area contributed by atoms with Crippen LogP contribution in [0.1, 0.15) is 33.6 Å². The summed E-state index contributed by atoms with van der Waals surface area (Å²) in [4.78, 5) is 35.3. The average molecular weight is 338 g/mol. The van der Waals surface area contributed by atoms with Crippen molar-refractivity contribution in [1.29, 1.82) is 0 Å². The molecule has 0 unspecified atom stereocenters. The van der Waals surface area contributed by atoms with Crippen LogP contribution in [0.3, 0.4) is 0 Å². The number of esters is 3. The molecule has 0 bridgehead atoms. The van der Waals surface area contributed by atoms with Gasteiger partial charge in [-0.3, -0.25) is 14.1 Å². The first-order chi connectivity index (χ1) is 10.3. The molecule has 0 N–H and O–H groups in total. The monoisotopic (exact) mass is 338 g/mol. The van der Waals surface area contributed by atoms with Crippen LogP contribution in [0.4, 0.5) is 0 Å². The molecule has 0 amide bonds. The van der Waals surface area contributed by atoms with Gasteiger partial charge in [0, 0.05) is 0 Å². The minimum atomic E-state index is -3.53. The molecule has 0 aromatic rings. The van der Waals surface area contributed by atoms with Gasteiger partial charge < -0.3 is 14.2 Å². The van der Waals surface area contributed by atoms with Crippen LogP contribution >= 0.6 is 7.91 Å². The highest BCUT2D eigenvalue weighted by Crippen LogP contribution is 2.31. The van der Waals surface area contributed by atoms with E-state index in [0.29, 0.717) is 0 Å². The van der Waals surface area contributed by atoms with Gasteiger partial charge in [-0.1, -0.05) is 0 Å². The van der Waals surface area contributed by atoms with Gasteiger partial charge in [0.2, 0.25) is 5.60 Å². The van der Waals surface area contributed by atoms with Gasteiger partial charge in [-0.15, -0.1) is 0 Å². The van der Waals surface area contributed by atoms with Crippen LogP contribution in [0.15, 0.2) is 0 Å². The van der Waals surface area contributed by atoms with Crippen molar-refractivity contribution in [3.63, 3.8) is 0 Å². The summed E-state index contributed by atoms with van der Waals surface area (Å²) < 4.78 is 40.4. The van der Waals surface area contributed by atoms with Crippen LogP contribution in [-0.4, -0.2) is 43.3 Å². The first kappa shape index (κ1) is 20.3. The van der Waals surface area contributed by atoms with Crippen molar-refractivity contribution in [1.82, 2.24) is 0 Å². The molecule has 126 valence electrons. The van der Waals surface area contributed by atoms with E-state index in [9.17, 15) is 23.5 Å². The second kappa shape index (κ2) is 10.1. The molecule has 0 aliphatic heterocycles. The molecule has 0 heterocycles. The van der Waals surface area contributed by atoms with Crippen LogP contribution in [0.25, 0.3) is 0 Å². The summed E-state index contributed by atoms with van der Waals surface area (Å²) in [7, 11) is -3.53.